The molecular formula is C23H27N3O3S. The zero-order valence-electron chi connectivity index (χ0n) is 17.6. The molecule has 0 unspecified atom stereocenters. The number of carbonyl (C=O) groups excluding carboxylic acids is 1. The van der Waals surface area contributed by atoms with Crippen molar-refractivity contribution in [2.75, 3.05) is 7.11 Å². The van der Waals surface area contributed by atoms with Crippen LogP contribution in [0.2, 0.25) is 0 Å². The zero-order chi connectivity index (χ0) is 21.3. The van der Waals surface area contributed by atoms with Gasteiger partial charge in [-0.2, -0.15) is 0 Å². The molecule has 1 aliphatic rings. The molecule has 2 heterocycles. The molecule has 1 saturated carbocycles. The Bertz CT molecular complexity index is 1100. The van der Waals surface area contributed by atoms with Crippen LogP contribution in [0.4, 0.5) is 0 Å². The number of fused-ring (bicyclic) bond motifs is 1. The average Bonchev–Trinajstić information content (AvgIpc) is 3.19. The minimum absolute atomic E-state index is 0.00482. The van der Waals surface area contributed by atoms with E-state index in [0.717, 1.165) is 29.0 Å². The van der Waals surface area contributed by atoms with Gasteiger partial charge in [0.2, 0.25) is 5.91 Å². The van der Waals surface area contributed by atoms with E-state index in [4.69, 9.17) is 4.74 Å². The third-order valence-electron chi connectivity index (χ3n) is 6.25. The van der Waals surface area contributed by atoms with Crippen LogP contribution in [0.1, 0.15) is 33.1 Å². The molecule has 1 fully saturated rings. The first-order valence-corrected chi connectivity index (χ1v) is 11.2. The highest BCUT2D eigenvalue weighted by Gasteiger charge is 2.28. The molecule has 0 aliphatic heterocycles. The number of hydrogen-bond acceptors (Lipinski definition) is 5. The van der Waals surface area contributed by atoms with Crippen molar-refractivity contribution < 1.29 is 9.53 Å². The summed E-state index contributed by atoms with van der Waals surface area (Å²) in [6.07, 6.45) is 4.82. The van der Waals surface area contributed by atoms with E-state index in [1.54, 1.807) is 7.11 Å². The smallest absolute Gasteiger partial charge is 0.271 e. The maximum atomic E-state index is 13.0. The van der Waals surface area contributed by atoms with Gasteiger partial charge in [0, 0.05) is 10.9 Å². The highest BCUT2D eigenvalue weighted by atomic mass is 32.1. The van der Waals surface area contributed by atoms with Gasteiger partial charge in [-0.25, -0.2) is 4.98 Å². The number of nitrogens with zero attached hydrogens (tertiary/aromatic N) is 2. The first-order chi connectivity index (χ1) is 14.5. The molecule has 1 aromatic carbocycles. The fraction of sp³-hybridized carbons (Fsp3) is 0.435. The molecule has 0 saturated heterocycles. The summed E-state index contributed by atoms with van der Waals surface area (Å²) in [4.78, 5) is 30.9. The number of thiophene rings is 1. The van der Waals surface area contributed by atoms with E-state index in [1.165, 1.54) is 28.7 Å². The van der Waals surface area contributed by atoms with Crippen LogP contribution in [-0.2, 0) is 11.3 Å². The number of ether oxygens (including phenoxy) is 1. The number of amides is 1. The Balaban J connectivity index is 1.53. The van der Waals surface area contributed by atoms with Crippen molar-refractivity contribution in [2.24, 2.45) is 11.8 Å². The van der Waals surface area contributed by atoms with Crippen LogP contribution in [0.3, 0.4) is 0 Å². The van der Waals surface area contributed by atoms with E-state index in [-0.39, 0.29) is 24.1 Å². The van der Waals surface area contributed by atoms with Crippen LogP contribution < -0.4 is 15.6 Å². The van der Waals surface area contributed by atoms with Crippen molar-refractivity contribution >= 4 is 27.5 Å². The van der Waals surface area contributed by atoms with Crippen molar-refractivity contribution in [3.8, 4) is 16.2 Å². The van der Waals surface area contributed by atoms with Gasteiger partial charge in [-0.3, -0.25) is 14.2 Å². The highest BCUT2D eigenvalue weighted by molar-refractivity contribution is 7.22. The predicted octanol–water partition coefficient (Wildman–Crippen LogP) is 4.07. The molecule has 0 spiro atoms. The monoisotopic (exact) mass is 425 g/mol. The molecule has 0 radical (unpaired) electrons. The van der Waals surface area contributed by atoms with E-state index in [9.17, 15) is 9.59 Å². The Labute approximate surface area is 179 Å². The average molecular weight is 426 g/mol. The van der Waals surface area contributed by atoms with Crippen LogP contribution >= 0.6 is 11.3 Å². The molecule has 4 rings (SSSR count). The van der Waals surface area contributed by atoms with Crippen molar-refractivity contribution in [3.05, 3.63) is 47.0 Å². The minimum Gasteiger partial charge on any atom is -0.497 e. The van der Waals surface area contributed by atoms with Gasteiger partial charge in [0.25, 0.3) is 5.56 Å². The van der Waals surface area contributed by atoms with Gasteiger partial charge >= 0.3 is 0 Å². The van der Waals surface area contributed by atoms with Crippen LogP contribution in [0.5, 0.6) is 5.75 Å². The van der Waals surface area contributed by atoms with E-state index in [2.05, 4.69) is 24.1 Å². The van der Waals surface area contributed by atoms with Gasteiger partial charge in [-0.15, -0.1) is 11.3 Å². The molecule has 7 heteroatoms. The number of hydrogen-bond donors (Lipinski definition) is 1. The lowest BCUT2D eigenvalue weighted by atomic mass is 9.78. The second-order valence-corrected chi connectivity index (χ2v) is 9.22. The number of carbonyl (C=O) groups is 1. The maximum Gasteiger partial charge on any atom is 0.271 e. The number of methoxy groups -OCH3 is 1. The summed E-state index contributed by atoms with van der Waals surface area (Å²) in [5.41, 5.74) is 1.48. The Kier molecular flexibility index (Phi) is 5.90. The number of rotatable bonds is 5. The van der Waals surface area contributed by atoms with Crippen molar-refractivity contribution in [1.82, 2.24) is 14.9 Å². The fourth-order valence-electron chi connectivity index (χ4n) is 4.15. The SMILES string of the molecule is COc1ccc(-c2cc3ncn(CC(=O)N[C@@H]4CCC[C@H](C)[C@H]4C)c(=O)c3s2)cc1. The Hall–Kier alpha value is -2.67. The normalized spacial score (nSPS) is 21.5. The molecule has 6 nitrogen and oxygen atoms in total. The van der Waals surface area contributed by atoms with Crippen LogP contribution in [0.25, 0.3) is 20.7 Å². The van der Waals surface area contributed by atoms with Crippen molar-refractivity contribution in [1.29, 1.82) is 0 Å². The second kappa shape index (κ2) is 8.60. The summed E-state index contributed by atoms with van der Waals surface area (Å²) in [7, 11) is 1.63. The summed E-state index contributed by atoms with van der Waals surface area (Å²) < 4.78 is 7.17. The van der Waals surface area contributed by atoms with Crippen molar-refractivity contribution in [2.45, 2.75) is 45.7 Å². The van der Waals surface area contributed by atoms with Crippen LogP contribution in [0.15, 0.2) is 41.5 Å². The first-order valence-electron chi connectivity index (χ1n) is 10.4. The third-order valence-corrected chi connectivity index (χ3v) is 7.41. The molecule has 1 N–H and O–H groups in total. The van der Waals surface area contributed by atoms with E-state index >= 15 is 0 Å². The zero-order valence-corrected chi connectivity index (χ0v) is 18.4. The summed E-state index contributed by atoms with van der Waals surface area (Å²) in [5, 5.41) is 3.13. The number of aromatic nitrogens is 2. The lowest BCUT2D eigenvalue weighted by Crippen LogP contribution is -2.45. The largest absolute Gasteiger partial charge is 0.497 e. The van der Waals surface area contributed by atoms with Crippen molar-refractivity contribution in [3.63, 3.8) is 0 Å². The van der Waals surface area contributed by atoms with Gasteiger partial charge < -0.3 is 10.1 Å². The first kappa shape index (κ1) is 20.6. The second-order valence-electron chi connectivity index (χ2n) is 8.17. The quantitative estimate of drug-likeness (QED) is 0.669. The molecule has 2 aromatic heterocycles. The Morgan fingerprint density at radius 3 is 2.77 bits per heavy atom. The molecule has 1 aliphatic carbocycles. The summed E-state index contributed by atoms with van der Waals surface area (Å²) in [5.74, 6) is 1.71. The maximum absolute atomic E-state index is 13.0. The lowest BCUT2D eigenvalue weighted by molar-refractivity contribution is -0.123. The molecular weight excluding hydrogens is 398 g/mol. The Morgan fingerprint density at radius 2 is 2.03 bits per heavy atom. The van der Waals surface area contributed by atoms with Gasteiger partial charge in [0.1, 0.15) is 17.0 Å². The minimum atomic E-state index is -0.176. The molecule has 0 bridgehead atoms. The summed E-state index contributed by atoms with van der Waals surface area (Å²) in [6.45, 7) is 4.43. The van der Waals surface area contributed by atoms with E-state index in [0.29, 0.717) is 22.1 Å². The highest BCUT2D eigenvalue weighted by Crippen LogP contribution is 2.32. The number of benzene rings is 1. The predicted molar refractivity (Wildman–Crippen MR) is 120 cm³/mol. The molecule has 1 amide bonds. The van der Waals surface area contributed by atoms with Gasteiger partial charge in [0.05, 0.1) is 19.0 Å². The topological polar surface area (TPSA) is 73.2 Å². The standard InChI is InChI=1S/C23H27N3O3S/c1-14-5-4-6-18(15(14)2)25-21(27)12-26-13-24-19-11-20(30-22(19)23(26)28)16-7-9-17(29-3)10-8-16/h7-11,13-15,18H,4-6,12H2,1-3H3,(H,25,27)/t14-,15+,18+/m0/s1. The Morgan fingerprint density at radius 1 is 1.27 bits per heavy atom. The molecule has 3 atom stereocenters. The van der Waals surface area contributed by atoms with Crippen LogP contribution in [0, 0.1) is 11.8 Å². The van der Waals surface area contributed by atoms with Gasteiger partial charge in [-0.05, 0) is 54.2 Å². The van der Waals surface area contributed by atoms with Crippen LogP contribution in [-0.4, -0.2) is 28.6 Å². The lowest BCUT2D eigenvalue weighted by Gasteiger charge is -2.34. The third kappa shape index (κ3) is 4.12. The molecule has 158 valence electrons. The summed E-state index contributed by atoms with van der Waals surface area (Å²) >= 11 is 1.40. The molecule has 30 heavy (non-hydrogen) atoms. The number of nitrogens with one attached hydrogen (secondary N) is 1. The summed E-state index contributed by atoms with van der Waals surface area (Å²) in [6, 6.07) is 9.80. The fourth-order valence-corrected chi connectivity index (χ4v) is 5.21. The van der Waals surface area contributed by atoms with E-state index < -0.39 is 0 Å². The molecule has 3 aromatic rings. The van der Waals surface area contributed by atoms with Gasteiger partial charge in [0.15, 0.2) is 0 Å². The van der Waals surface area contributed by atoms with Gasteiger partial charge in [-0.1, -0.05) is 26.7 Å². The van der Waals surface area contributed by atoms with E-state index in [1.807, 2.05) is 30.3 Å².